The number of fused-ring (bicyclic) bond motifs is 1. The number of hydrogen-bond donors (Lipinski definition) is 2. The summed E-state index contributed by atoms with van der Waals surface area (Å²) in [6.45, 7) is 0. The lowest BCUT2D eigenvalue weighted by molar-refractivity contribution is -0.117. The molecule has 3 amide bonds. The average Bonchev–Trinajstić information content (AvgIpc) is 3.09. The molecule has 104 valence electrons. The molecule has 2 aromatic heterocycles. The van der Waals surface area contributed by atoms with Crippen molar-refractivity contribution in [1.82, 2.24) is 20.6 Å². The number of nitrogens with zero attached hydrogens (tertiary/aromatic N) is 2. The summed E-state index contributed by atoms with van der Waals surface area (Å²) in [6.07, 6.45) is 3.47. The fraction of sp³-hybridized carbons (Fsp3) is 0.333. The number of urea groups is 1. The van der Waals surface area contributed by atoms with Crippen LogP contribution in [0.3, 0.4) is 0 Å². The van der Waals surface area contributed by atoms with Gasteiger partial charge in [-0.15, -0.1) is 11.3 Å². The Bertz CT molecular complexity index is 654. The molecule has 0 atom stereocenters. The first-order valence-corrected chi connectivity index (χ1v) is 8.00. The zero-order valence-corrected chi connectivity index (χ0v) is 12.1. The molecule has 1 aliphatic rings. The largest absolute Gasteiger partial charge is 0.335 e. The Morgan fingerprint density at radius 1 is 1.40 bits per heavy atom. The van der Waals surface area contributed by atoms with Gasteiger partial charge in [-0.1, -0.05) is 11.8 Å². The van der Waals surface area contributed by atoms with E-state index in [4.69, 9.17) is 0 Å². The summed E-state index contributed by atoms with van der Waals surface area (Å²) >= 11 is 2.85. The molecule has 3 rings (SSSR count). The third-order valence-electron chi connectivity index (χ3n) is 2.72. The van der Waals surface area contributed by atoms with Gasteiger partial charge in [0.15, 0.2) is 0 Å². The van der Waals surface area contributed by atoms with Crippen LogP contribution in [-0.4, -0.2) is 33.7 Å². The highest BCUT2D eigenvalue weighted by Gasteiger charge is 2.23. The van der Waals surface area contributed by atoms with Crippen LogP contribution in [0.2, 0.25) is 0 Å². The molecular weight excluding hydrogens is 296 g/mol. The normalized spacial score (nSPS) is 14.2. The lowest BCUT2D eigenvalue weighted by Crippen LogP contribution is -2.41. The van der Waals surface area contributed by atoms with Crippen molar-refractivity contribution in [3.63, 3.8) is 0 Å². The maximum atomic E-state index is 11.7. The van der Waals surface area contributed by atoms with E-state index in [1.54, 1.807) is 0 Å². The number of amides is 3. The number of thiophene rings is 1. The van der Waals surface area contributed by atoms with Gasteiger partial charge in [-0.2, -0.15) is 0 Å². The fourth-order valence-electron chi connectivity index (χ4n) is 1.61. The second-order valence-corrected chi connectivity index (χ2v) is 6.28. The summed E-state index contributed by atoms with van der Waals surface area (Å²) in [5, 5.41) is 7.72. The van der Waals surface area contributed by atoms with E-state index in [1.807, 2.05) is 11.4 Å². The summed E-state index contributed by atoms with van der Waals surface area (Å²) in [5.41, 5.74) is 0.874. The smallest absolute Gasteiger partial charge is 0.321 e. The van der Waals surface area contributed by atoms with Gasteiger partial charge in [-0.3, -0.25) is 10.1 Å². The van der Waals surface area contributed by atoms with Gasteiger partial charge in [0.05, 0.1) is 16.0 Å². The Kier molecular flexibility index (Phi) is 3.83. The van der Waals surface area contributed by atoms with Crippen molar-refractivity contribution in [2.45, 2.75) is 23.9 Å². The number of carbonyl (C=O) groups excluding carboxylic acids is 2. The third-order valence-corrected chi connectivity index (χ3v) is 4.75. The second-order valence-electron chi connectivity index (χ2n) is 4.40. The van der Waals surface area contributed by atoms with Crippen LogP contribution in [0.25, 0.3) is 10.2 Å². The van der Waals surface area contributed by atoms with Gasteiger partial charge in [0.25, 0.3) is 0 Å². The van der Waals surface area contributed by atoms with E-state index < -0.39 is 6.03 Å². The predicted molar refractivity (Wildman–Crippen MR) is 77.8 cm³/mol. The summed E-state index contributed by atoms with van der Waals surface area (Å²) in [5.74, 6) is -0.168. The van der Waals surface area contributed by atoms with Crippen LogP contribution < -0.4 is 10.6 Å². The minimum atomic E-state index is -0.415. The van der Waals surface area contributed by atoms with Gasteiger partial charge < -0.3 is 5.32 Å². The highest BCUT2D eigenvalue weighted by atomic mass is 32.2. The molecule has 2 aromatic rings. The Balaban J connectivity index is 1.54. The number of hydrogen-bond acceptors (Lipinski definition) is 6. The average molecular weight is 308 g/mol. The topological polar surface area (TPSA) is 84.0 Å². The van der Waals surface area contributed by atoms with Crippen LogP contribution in [-0.2, 0) is 4.79 Å². The first-order valence-electron chi connectivity index (χ1n) is 6.14. The molecule has 2 N–H and O–H groups in total. The molecular formula is C12H12N4O2S2. The van der Waals surface area contributed by atoms with Gasteiger partial charge in [-0.05, 0) is 24.3 Å². The number of nitrogens with one attached hydrogen (secondary N) is 2. The van der Waals surface area contributed by atoms with Crippen LogP contribution >= 0.6 is 23.1 Å². The first-order chi connectivity index (χ1) is 9.72. The standard InChI is InChI=1S/C12H12N4O2S2/c17-9(16-12(18)15-7-1-2-7)5-20-11-10-8(3-4-19-10)13-6-14-11/h3-4,6-7H,1-2,5H2,(H2,15,16,17,18). The number of imide groups is 1. The molecule has 0 aromatic carbocycles. The van der Waals surface area contributed by atoms with Crippen LogP contribution in [0.1, 0.15) is 12.8 Å². The van der Waals surface area contributed by atoms with Crippen LogP contribution in [0.15, 0.2) is 22.8 Å². The molecule has 0 bridgehead atoms. The number of thioether (sulfide) groups is 1. The monoisotopic (exact) mass is 308 g/mol. The zero-order chi connectivity index (χ0) is 13.9. The summed E-state index contributed by atoms with van der Waals surface area (Å²) in [4.78, 5) is 31.4. The van der Waals surface area contributed by atoms with Gasteiger partial charge in [0.2, 0.25) is 5.91 Å². The Hall–Kier alpha value is -1.67. The molecule has 8 heteroatoms. The maximum absolute atomic E-state index is 11.7. The van der Waals surface area contributed by atoms with Crippen molar-refractivity contribution < 1.29 is 9.59 Å². The van der Waals surface area contributed by atoms with Gasteiger partial charge >= 0.3 is 6.03 Å². The first kappa shape index (κ1) is 13.3. The second kappa shape index (κ2) is 5.76. The maximum Gasteiger partial charge on any atom is 0.321 e. The quantitative estimate of drug-likeness (QED) is 0.664. The van der Waals surface area contributed by atoms with E-state index >= 15 is 0 Å². The molecule has 20 heavy (non-hydrogen) atoms. The number of rotatable bonds is 4. The minimum Gasteiger partial charge on any atom is -0.335 e. The minimum absolute atomic E-state index is 0.155. The fourth-order valence-corrected chi connectivity index (χ4v) is 3.36. The predicted octanol–water partition coefficient (Wildman–Crippen LogP) is 1.77. The van der Waals surface area contributed by atoms with Crippen molar-refractivity contribution in [1.29, 1.82) is 0 Å². The molecule has 0 unspecified atom stereocenters. The van der Waals surface area contributed by atoms with Gasteiger partial charge in [0.1, 0.15) is 11.4 Å². The summed E-state index contributed by atoms with van der Waals surface area (Å²) in [7, 11) is 0. The van der Waals surface area contributed by atoms with Crippen molar-refractivity contribution in [3.05, 3.63) is 17.8 Å². The Labute approximate surface area is 123 Å². The van der Waals surface area contributed by atoms with Crippen molar-refractivity contribution in [3.8, 4) is 0 Å². The lowest BCUT2D eigenvalue weighted by atomic mass is 10.5. The molecule has 1 aliphatic carbocycles. The lowest BCUT2D eigenvalue weighted by Gasteiger charge is -2.05. The van der Waals surface area contributed by atoms with E-state index in [-0.39, 0.29) is 17.7 Å². The van der Waals surface area contributed by atoms with E-state index in [0.717, 1.165) is 28.1 Å². The summed E-state index contributed by atoms with van der Waals surface area (Å²) < 4.78 is 0.965. The van der Waals surface area contributed by atoms with Crippen molar-refractivity contribution >= 4 is 45.3 Å². The van der Waals surface area contributed by atoms with Crippen LogP contribution in [0, 0.1) is 0 Å². The molecule has 2 heterocycles. The Morgan fingerprint density at radius 3 is 3.05 bits per heavy atom. The molecule has 0 aliphatic heterocycles. The van der Waals surface area contributed by atoms with Crippen molar-refractivity contribution in [2.75, 3.05) is 5.75 Å². The molecule has 0 spiro atoms. The van der Waals surface area contributed by atoms with E-state index in [0.29, 0.717) is 0 Å². The van der Waals surface area contributed by atoms with E-state index in [2.05, 4.69) is 20.6 Å². The van der Waals surface area contributed by atoms with E-state index in [1.165, 1.54) is 29.4 Å². The molecule has 6 nitrogen and oxygen atoms in total. The zero-order valence-electron chi connectivity index (χ0n) is 10.5. The van der Waals surface area contributed by atoms with Crippen LogP contribution in [0.5, 0.6) is 0 Å². The molecule has 0 saturated heterocycles. The van der Waals surface area contributed by atoms with Gasteiger partial charge in [0, 0.05) is 6.04 Å². The Morgan fingerprint density at radius 2 is 2.25 bits per heavy atom. The van der Waals surface area contributed by atoms with Crippen LogP contribution in [0.4, 0.5) is 4.79 Å². The van der Waals surface area contributed by atoms with Crippen molar-refractivity contribution in [2.24, 2.45) is 0 Å². The number of carbonyl (C=O) groups is 2. The SMILES string of the molecule is O=C(CSc1ncnc2ccsc12)NC(=O)NC1CC1. The molecule has 0 radical (unpaired) electrons. The van der Waals surface area contributed by atoms with Gasteiger partial charge in [-0.25, -0.2) is 14.8 Å². The highest BCUT2D eigenvalue weighted by molar-refractivity contribution is 8.00. The van der Waals surface area contributed by atoms with E-state index in [9.17, 15) is 9.59 Å². The highest BCUT2D eigenvalue weighted by Crippen LogP contribution is 2.28. The summed E-state index contributed by atoms with van der Waals surface area (Å²) in [6, 6.07) is 1.74. The number of aromatic nitrogens is 2. The molecule has 1 fully saturated rings. The third kappa shape index (κ3) is 3.26. The molecule has 1 saturated carbocycles.